The highest BCUT2D eigenvalue weighted by atomic mass is 32.1. The molecule has 0 saturated heterocycles. The lowest BCUT2D eigenvalue weighted by molar-refractivity contribution is 0.669. The van der Waals surface area contributed by atoms with Gasteiger partial charge in [0.25, 0.3) is 0 Å². The van der Waals surface area contributed by atoms with Gasteiger partial charge in [0, 0.05) is 30.9 Å². The lowest BCUT2D eigenvalue weighted by Gasteiger charge is -2.18. The maximum Gasteiger partial charge on any atom is 0.136 e. The summed E-state index contributed by atoms with van der Waals surface area (Å²) < 4.78 is 9.52. The Bertz CT molecular complexity index is 3770. The maximum atomic E-state index is 6.89. The summed E-state index contributed by atoms with van der Waals surface area (Å²) in [5, 5.41) is 14.8. The van der Waals surface area contributed by atoms with E-state index in [2.05, 4.69) is 206 Å². The van der Waals surface area contributed by atoms with Crippen molar-refractivity contribution in [3.8, 4) is 44.5 Å². The number of benzene rings is 11. The molecule has 0 amide bonds. The van der Waals surface area contributed by atoms with Gasteiger partial charge in [-0.3, -0.25) is 0 Å². The van der Waals surface area contributed by atoms with E-state index in [0.717, 1.165) is 27.5 Å². The first-order valence-electron chi connectivity index (χ1n) is 20.6. The second-order valence-electron chi connectivity index (χ2n) is 15.8. The van der Waals surface area contributed by atoms with Gasteiger partial charge in [-0.25, -0.2) is 0 Å². The summed E-state index contributed by atoms with van der Waals surface area (Å²) in [5.41, 5.74) is 11.6. The first-order chi connectivity index (χ1) is 29.8. The summed E-state index contributed by atoms with van der Waals surface area (Å²) in [4.78, 5) is 0. The monoisotopic (exact) mass is 778 g/mol. The van der Waals surface area contributed by atoms with Crippen molar-refractivity contribution < 1.29 is 4.42 Å². The van der Waals surface area contributed by atoms with E-state index in [1.54, 1.807) is 0 Å². The second kappa shape index (κ2) is 13.0. The summed E-state index contributed by atoms with van der Waals surface area (Å²) in [5.74, 6) is 0. The lowest BCUT2D eigenvalue weighted by Crippen LogP contribution is -1.91. The molecule has 0 spiro atoms. The summed E-state index contributed by atoms with van der Waals surface area (Å²) in [7, 11) is 0. The fourth-order valence-electron chi connectivity index (χ4n) is 10.2. The number of hydrogen-bond acceptors (Lipinski definition) is 2. The zero-order valence-electron chi connectivity index (χ0n) is 32.4. The van der Waals surface area contributed by atoms with Crippen LogP contribution in [0.1, 0.15) is 0 Å². The van der Waals surface area contributed by atoms with E-state index < -0.39 is 0 Å². The lowest BCUT2D eigenvalue weighted by atomic mass is 9.84. The van der Waals surface area contributed by atoms with Gasteiger partial charge in [-0.05, 0) is 118 Å². The van der Waals surface area contributed by atoms with E-state index in [4.69, 9.17) is 4.42 Å². The molecule has 13 rings (SSSR count). The molecule has 0 aliphatic heterocycles. The Morgan fingerprint density at radius 3 is 1.30 bits per heavy atom. The van der Waals surface area contributed by atoms with Crippen LogP contribution in [0, 0.1) is 0 Å². The molecular weight excluding hydrogens is 745 g/mol. The Labute approximate surface area is 350 Å². The molecule has 0 saturated carbocycles. The van der Waals surface area contributed by atoms with Crippen LogP contribution in [-0.2, 0) is 0 Å². The molecule has 1 nitrogen and oxygen atoms in total. The van der Waals surface area contributed by atoms with Crippen molar-refractivity contribution in [2.45, 2.75) is 0 Å². The van der Waals surface area contributed by atoms with Crippen molar-refractivity contribution in [3.05, 3.63) is 206 Å². The molecule has 0 unspecified atom stereocenters. The average molecular weight is 779 g/mol. The molecule has 0 N–H and O–H groups in total. The first-order valence-corrected chi connectivity index (χ1v) is 21.4. The molecule has 11 aromatic carbocycles. The van der Waals surface area contributed by atoms with Crippen LogP contribution in [0.4, 0.5) is 0 Å². The molecule has 278 valence electrons. The third kappa shape index (κ3) is 4.80. The second-order valence-corrected chi connectivity index (χ2v) is 16.9. The van der Waals surface area contributed by atoms with E-state index >= 15 is 0 Å². The number of furan rings is 1. The molecule has 0 aliphatic carbocycles. The van der Waals surface area contributed by atoms with Crippen LogP contribution in [-0.4, -0.2) is 0 Å². The van der Waals surface area contributed by atoms with Gasteiger partial charge in [0.1, 0.15) is 11.2 Å². The quantitative estimate of drug-likeness (QED) is 0.162. The highest BCUT2D eigenvalue weighted by Gasteiger charge is 2.23. The van der Waals surface area contributed by atoms with E-state index in [9.17, 15) is 0 Å². The Hall–Kier alpha value is -7.52. The smallest absolute Gasteiger partial charge is 0.136 e. The predicted molar refractivity (Wildman–Crippen MR) is 258 cm³/mol. The number of rotatable bonds is 4. The van der Waals surface area contributed by atoms with Gasteiger partial charge in [-0.1, -0.05) is 176 Å². The van der Waals surface area contributed by atoms with E-state index in [0.29, 0.717) is 0 Å². The fraction of sp³-hybridized carbons (Fsp3) is 0. The van der Waals surface area contributed by atoms with Gasteiger partial charge in [-0.15, -0.1) is 11.3 Å². The topological polar surface area (TPSA) is 13.1 Å². The van der Waals surface area contributed by atoms with Gasteiger partial charge in [0.05, 0.1) is 0 Å². The number of fused-ring (bicyclic) bond motifs is 10. The first kappa shape index (κ1) is 33.5. The van der Waals surface area contributed by atoms with Crippen LogP contribution in [0.15, 0.2) is 211 Å². The average Bonchev–Trinajstić information content (AvgIpc) is 3.89. The zero-order chi connectivity index (χ0) is 39.3. The minimum atomic E-state index is 0.885. The molecule has 0 bridgehead atoms. The molecule has 0 radical (unpaired) electrons. The summed E-state index contributed by atoms with van der Waals surface area (Å²) in [6.07, 6.45) is 0. The molecule has 0 fully saturated rings. The van der Waals surface area contributed by atoms with Crippen molar-refractivity contribution in [1.29, 1.82) is 0 Å². The Balaban J connectivity index is 1.06. The van der Waals surface area contributed by atoms with Crippen LogP contribution >= 0.6 is 11.3 Å². The van der Waals surface area contributed by atoms with E-state index in [1.807, 2.05) is 11.3 Å². The molecule has 60 heavy (non-hydrogen) atoms. The van der Waals surface area contributed by atoms with Crippen molar-refractivity contribution in [1.82, 2.24) is 0 Å². The third-order valence-electron chi connectivity index (χ3n) is 12.7. The SMILES string of the molecule is c1ccc(-c2c3ccccc3c(-c3cccc4oc5cc(-c6c7ccccc7c(-c7cccc8sc9ccccc9c78)c7ccccc67)ccc5c34)c3ccccc23)cc1. The molecule has 0 atom stereocenters. The van der Waals surface area contributed by atoms with Gasteiger partial charge in [0.2, 0.25) is 0 Å². The molecule has 2 heteroatoms. The van der Waals surface area contributed by atoms with Gasteiger partial charge >= 0.3 is 0 Å². The highest BCUT2D eigenvalue weighted by Crippen LogP contribution is 2.50. The molecular formula is C58H34OS. The Morgan fingerprint density at radius 1 is 0.267 bits per heavy atom. The minimum Gasteiger partial charge on any atom is -0.456 e. The largest absolute Gasteiger partial charge is 0.456 e. The number of thiophene rings is 1. The van der Waals surface area contributed by atoms with Gasteiger partial charge in [0.15, 0.2) is 0 Å². The summed E-state index contributed by atoms with van der Waals surface area (Å²) in [6.45, 7) is 0. The molecule has 2 aromatic heterocycles. The zero-order valence-corrected chi connectivity index (χ0v) is 33.3. The third-order valence-corrected chi connectivity index (χ3v) is 13.8. The normalized spacial score (nSPS) is 12.0. The van der Waals surface area contributed by atoms with Crippen LogP contribution < -0.4 is 0 Å². The van der Waals surface area contributed by atoms with E-state index in [1.165, 1.54) is 102 Å². The predicted octanol–water partition coefficient (Wildman–Crippen LogP) is 17.2. The minimum absolute atomic E-state index is 0.885. The van der Waals surface area contributed by atoms with Crippen molar-refractivity contribution in [3.63, 3.8) is 0 Å². The molecule has 0 aliphatic rings. The maximum absolute atomic E-state index is 6.89. The van der Waals surface area contributed by atoms with Crippen LogP contribution in [0.5, 0.6) is 0 Å². The fourth-order valence-corrected chi connectivity index (χ4v) is 11.4. The van der Waals surface area contributed by atoms with Crippen LogP contribution in [0.25, 0.3) is 130 Å². The molecule has 13 aromatic rings. The van der Waals surface area contributed by atoms with Crippen LogP contribution in [0.3, 0.4) is 0 Å². The Morgan fingerprint density at radius 2 is 0.717 bits per heavy atom. The van der Waals surface area contributed by atoms with E-state index in [-0.39, 0.29) is 0 Å². The summed E-state index contributed by atoms with van der Waals surface area (Å²) in [6, 6.07) is 75.5. The van der Waals surface area contributed by atoms with Crippen molar-refractivity contribution in [2.24, 2.45) is 0 Å². The number of hydrogen-bond donors (Lipinski definition) is 0. The Kier molecular flexibility index (Phi) is 7.24. The van der Waals surface area contributed by atoms with Crippen molar-refractivity contribution >= 4 is 96.5 Å². The van der Waals surface area contributed by atoms with Gasteiger partial charge < -0.3 is 4.42 Å². The molecule has 2 heterocycles. The van der Waals surface area contributed by atoms with Crippen LogP contribution in [0.2, 0.25) is 0 Å². The standard InChI is InChI=1S/C58H34OS/c1-2-16-35(17-3-1)53-37-18-4-8-22-41(37)55(42-23-9-5-19-38(42)53)47-27-14-29-49-57(47)45-33-32-36(34-50(45)59-49)54-39-20-6-10-24-43(39)56(44-25-11-7-21-40(44)54)48-28-15-31-52-58(48)46-26-12-13-30-51(46)60-52/h1-34H. The highest BCUT2D eigenvalue weighted by molar-refractivity contribution is 7.26. The summed E-state index contributed by atoms with van der Waals surface area (Å²) >= 11 is 1.87. The van der Waals surface area contributed by atoms with Gasteiger partial charge in [-0.2, -0.15) is 0 Å². The van der Waals surface area contributed by atoms with Crippen molar-refractivity contribution in [2.75, 3.05) is 0 Å².